The third-order valence-corrected chi connectivity index (χ3v) is 2.78. The van der Waals surface area contributed by atoms with Gasteiger partial charge < -0.3 is 19.3 Å². The minimum absolute atomic E-state index is 0.129. The summed E-state index contributed by atoms with van der Waals surface area (Å²) < 4.78 is 4.93. The summed E-state index contributed by atoms with van der Waals surface area (Å²) in [6.07, 6.45) is 1.36. The van der Waals surface area contributed by atoms with Crippen molar-refractivity contribution in [3.05, 3.63) is 24.2 Å². The van der Waals surface area contributed by atoms with E-state index in [0.29, 0.717) is 0 Å². The van der Waals surface area contributed by atoms with Crippen LogP contribution >= 0.6 is 0 Å². The van der Waals surface area contributed by atoms with E-state index >= 15 is 0 Å². The van der Waals surface area contributed by atoms with Crippen molar-refractivity contribution in [1.82, 2.24) is 9.80 Å². The average molecular weight is 268 g/mol. The molecule has 0 radical (unpaired) electrons. The molecule has 7 nitrogen and oxygen atoms in total. The Kier molecular flexibility index (Phi) is 4.68. The summed E-state index contributed by atoms with van der Waals surface area (Å²) in [4.78, 5) is 36.6. The Morgan fingerprint density at radius 2 is 2.00 bits per heavy atom. The van der Waals surface area contributed by atoms with Gasteiger partial charge in [0.15, 0.2) is 5.76 Å². The van der Waals surface area contributed by atoms with Crippen LogP contribution in [0.2, 0.25) is 0 Å². The zero-order valence-electron chi connectivity index (χ0n) is 11.0. The maximum atomic E-state index is 11.8. The van der Waals surface area contributed by atoms with Crippen molar-refractivity contribution >= 4 is 17.8 Å². The van der Waals surface area contributed by atoms with Crippen molar-refractivity contribution in [2.75, 3.05) is 20.6 Å². The lowest BCUT2D eigenvalue weighted by atomic mass is 10.3. The van der Waals surface area contributed by atoms with Crippen LogP contribution < -0.4 is 0 Å². The van der Waals surface area contributed by atoms with Crippen LogP contribution in [-0.2, 0) is 9.59 Å². The fourth-order valence-electron chi connectivity index (χ4n) is 1.36. The Hall–Kier alpha value is -2.31. The second-order valence-electron chi connectivity index (χ2n) is 4.16. The molecule has 2 amide bonds. The van der Waals surface area contributed by atoms with Crippen LogP contribution in [0.25, 0.3) is 0 Å². The van der Waals surface area contributed by atoms with Crippen LogP contribution in [0.5, 0.6) is 0 Å². The highest BCUT2D eigenvalue weighted by Gasteiger charge is 2.24. The van der Waals surface area contributed by atoms with Crippen LogP contribution in [0, 0.1) is 0 Å². The number of hydrogen-bond acceptors (Lipinski definition) is 4. The van der Waals surface area contributed by atoms with Crippen LogP contribution in [0.1, 0.15) is 17.5 Å². The molecule has 0 aliphatic rings. The normalized spacial score (nSPS) is 11.7. The molecule has 0 aromatic carbocycles. The third kappa shape index (κ3) is 3.57. The molecule has 0 saturated carbocycles. The van der Waals surface area contributed by atoms with Crippen LogP contribution in [0.15, 0.2) is 22.8 Å². The number of carbonyl (C=O) groups is 3. The highest BCUT2D eigenvalue weighted by atomic mass is 16.4. The average Bonchev–Trinajstić information content (AvgIpc) is 2.89. The summed E-state index contributed by atoms with van der Waals surface area (Å²) in [5.41, 5.74) is 0. The molecule has 0 fully saturated rings. The number of rotatable bonds is 5. The Morgan fingerprint density at radius 1 is 1.37 bits per heavy atom. The zero-order chi connectivity index (χ0) is 14.6. The summed E-state index contributed by atoms with van der Waals surface area (Å²) in [5.74, 6) is -1.87. The second kappa shape index (κ2) is 6.03. The summed E-state index contributed by atoms with van der Waals surface area (Å²) in [6.45, 7) is 1.18. The van der Waals surface area contributed by atoms with Crippen LogP contribution in [0.3, 0.4) is 0 Å². The molecule has 1 rings (SSSR count). The number of hydrogen-bond donors (Lipinski definition) is 1. The molecule has 1 heterocycles. The Bertz CT molecular complexity index is 468. The number of carbonyl (C=O) groups excluding carboxylic acids is 2. The van der Waals surface area contributed by atoms with Crippen molar-refractivity contribution in [2.45, 2.75) is 13.0 Å². The van der Waals surface area contributed by atoms with E-state index in [1.165, 1.54) is 38.2 Å². The van der Waals surface area contributed by atoms with Gasteiger partial charge in [-0.2, -0.15) is 0 Å². The zero-order valence-corrected chi connectivity index (χ0v) is 11.0. The van der Waals surface area contributed by atoms with Crippen molar-refractivity contribution < 1.29 is 23.9 Å². The highest BCUT2D eigenvalue weighted by Crippen LogP contribution is 2.05. The van der Waals surface area contributed by atoms with Crippen molar-refractivity contribution in [3.63, 3.8) is 0 Å². The van der Waals surface area contributed by atoms with Gasteiger partial charge in [-0.15, -0.1) is 0 Å². The van der Waals surface area contributed by atoms with E-state index in [0.717, 1.165) is 4.90 Å². The highest BCUT2D eigenvalue weighted by molar-refractivity contribution is 5.94. The Balaban J connectivity index is 2.62. The van der Waals surface area contributed by atoms with Gasteiger partial charge in [0.05, 0.1) is 12.8 Å². The largest absolute Gasteiger partial charge is 0.480 e. The minimum Gasteiger partial charge on any atom is -0.480 e. The summed E-state index contributed by atoms with van der Waals surface area (Å²) >= 11 is 0. The van der Waals surface area contributed by atoms with Gasteiger partial charge in [-0.1, -0.05) is 0 Å². The molecule has 0 aliphatic heterocycles. The lowest BCUT2D eigenvalue weighted by Crippen LogP contribution is -2.45. The molecule has 0 bridgehead atoms. The lowest BCUT2D eigenvalue weighted by molar-refractivity contribution is -0.148. The fourth-order valence-corrected chi connectivity index (χ4v) is 1.36. The molecule has 0 aliphatic carbocycles. The molecular formula is C12H16N2O5. The number of amides is 2. The molecule has 0 spiro atoms. The van der Waals surface area contributed by atoms with E-state index in [4.69, 9.17) is 9.52 Å². The lowest BCUT2D eigenvalue weighted by Gasteiger charge is -2.24. The number of nitrogens with zero attached hydrogens (tertiary/aromatic N) is 2. The van der Waals surface area contributed by atoms with E-state index in [1.54, 1.807) is 6.07 Å². The predicted molar refractivity (Wildman–Crippen MR) is 65.5 cm³/mol. The Labute approximate surface area is 110 Å². The molecule has 1 atom stereocenters. The summed E-state index contributed by atoms with van der Waals surface area (Å²) in [7, 11) is 2.83. The maximum Gasteiger partial charge on any atom is 0.326 e. The smallest absolute Gasteiger partial charge is 0.326 e. The number of carboxylic acid groups (broad SMARTS) is 1. The molecule has 1 aromatic heterocycles. The van der Waals surface area contributed by atoms with E-state index < -0.39 is 23.8 Å². The fraction of sp³-hybridized carbons (Fsp3) is 0.417. The van der Waals surface area contributed by atoms with Gasteiger partial charge in [0.25, 0.3) is 5.91 Å². The first kappa shape index (κ1) is 14.7. The van der Waals surface area contributed by atoms with E-state index in [2.05, 4.69) is 0 Å². The Morgan fingerprint density at radius 3 is 2.47 bits per heavy atom. The number of aliphatic carboxylic acids is 1. The molecule has 7 heteroatoms. The number of furan rings is 1. The summed E-state index contributed by atoms with van der Waals surface area (Å²) in [6, 6.07) is 2.12. The maximum absolute atomic E-state index is 11.8. The standard InChI is InChI=1S/C12H16N2O5/c1-8(12(17)18)14(3)10(15)7-13(2)11(16)9-5-4-6-19-9/h4-6,8H,7H2,1-3H3,(H,17,18). The van der Waals surface area contributed by atoms with Crippen molar-refractivity contribution in [1.29, 1.82) is 0 Å². The van der Waals surface area contributed by atoms with Crippen molar-refractivity contribution in [2.24, 2.45) is 0 Å². The molecule has 1 unspecified atom stereocenters. The van der Waals surface area contributed by atoms with Gasteiger partial charge in [-0.25, -0.2) is 4.79 Å². The van der Waals surface area contributed by atoms with Gasteiger partial charge in [0, 0.05) is 14.1 Å². The van der Waals surface area contributed by atoms with E-state index in [1.807, 2.05) is 0 Å². The SMILES string of the molecule is CC(C(=O)O)N(C)C(=O)CN(C)C(=O)c1ccco1. The number of carboxylic acids is 1. The third-order valence-electron chi connectivity index (χ3n) is 2.78. The first-order valence-corrected chi connectivity index (χ1v) is 5.62. The van der Waals surface area contributed by atoms with Gasteiger partial charge in [0.2, 0.25) is 5.91 Å². The molecule has 0 saturated heterocycles. The van der Waals surface area contributed by atoms with Gasteiger partial charge in [-0.3, -0.25) is 9.59 Å². The van der Waals surface area contributed by atoms with Gasteiger partial charge in [-0.05, 0) is 19.1 Å². The summed E-state index contributed by atoms with van der Waals surface area (Å²) in [5, 5.41) is 8.81. The van der Waals surface area contributed by atoms with E-state index in [9.17, 15) is 14.4 Å². The second-order valence-corrected chi connectivity index (χ2v) is 4.16. The van der Waals surface area contributed by atoms with E-state index in [-0.39, 0.29) is 12.3 Å². The van der Waals surface area contributed by atoms with Gasteiger partial charge >= 0.3 is 5.97 Å². The quantitative estimate of drug-likeness (QED) is 0.828. The number of likely N-dealkylation sites (N-methyl/N-ethyl adjacent to an activating group) is 2. The van der Waals surface area contributed by atoms with Crippen molar-refractivity contribution in [3.8, 4) is 0 Å². The minimum atomic E-state index is -1.10. The van der Waals surface area contributed by atoms with Crippen LogP contribution in [0.4, 0.5) is 0 Å². The predicted octanol–water partition coefficient (Wildman–Crippen LogP) is 0.283. The van der Waals surface area contributed by atoms with Crippen LogP contribution in [-0.4, -0.2) is 59.4 Å². The topological polar surface area (TPSA) is 91.1 Å². The first-order valence-electron chi connectivity index (χ1n) is 5.62. The molecule has 19 heavy (non-hydrogen) atoms. The molecule has 1 aromatic rings. The van der Waals surface area contributed by atoms with Gasteiger partial charge in [0.1, 0.15) is 6.04 Å². The first-order chi connectivity index (χ1) is 8.84. The molecule has 104 valence electrons. The monoisotopic (exact) mass is 268 g/mol. The molecule has 1 N–H and O–H groups in total. The molecular weight excluding hydrogens is 252 g/mol.